The zero-order chi connectivity index (χ0) is 18.1. The molecule has 1 amide bonds. The molecular weight excluding hydrogens is 328 g/mol. The Morgan fingerprint density at radius 1 is 1.12 bits per heavy atom. The van der Waals surface area contributed by atoms with E-state index < -0.39 is 10.8 Å². The average Bonchev–Trinajstić information content (AvgIpc) is 2.64. The summed E-state index contributed by atoms with van der Waals surface area (Å²) < 4.78 is 15.6. The number of ether oxygens (including phenoxy) is 3. The van der Waals surface area contributed by atoms with E-state index in [-0.39, 0.29) is 18.0 Å². The van der Waals surface area contributed by atoms with Gasteiger partial charge < -0.3 is 19.5 Å². The Bertz CT molecular complexity index is 720. The molecule has 0 bridgehead atoms. The number of nitro groups is 1. The largest absolute Gasteiger partial charge is 0.496 e. The van der Waals surface area contributed by atoms with Crippen LogP contribution in [0.3, 0.4) is 0 Å². The molecule has 132 valence electrons. The van der Waals surface area contributed by atoms with Gasteiger partial charge in [0.2, 0.25) is 0 Å². The zero-order valence-electron chi connectivity index (χ0n) is 13.6. The maximum Gasteiger partial charge on any atom is 0.314 e. The maximum atomic E-state index is 11.7. The van der Waals surface area contributed by atoms with E-state index in [1.54, 1.807) is 0 Å². The van der Waals surface area contributed by atoms with E-state index in [1.165, 1.54) is 25.3 Å². The van der Waals surface area contributed by atoms with E-state index in [4.69, 9.17) is 14.2 Å². The first-order valence-electron chi connectivity index (χ1n) is 7.50. The average molecular weight is 346 g/mol. The second-order valence-corrected chi connectivity index (χ2v) is 4.89. The first-order valence-corrected chi connectivity index (χ1v) is 7.50. The fourth-order valence-corrected chi connectivity index (χ4v) is 1.96. The minimum atomic E-state index is -0.594. The number of methoxy groups -OCH3 is 1. The summed E-state index contributed by atoms with van der Waals surface area (Å²) in [5.74, 6) is 0.645. The van der Waals surface area contributed by atoms with Crippen molar-refractivity contribution in [3.8, 4) is 17.2 Å². The van der Waals surface area contributed by atoms with Crippen molar-refractivity contribution in [1.29, 1.82) is 0 Å². The predicted octanol–water partition coefficient (Wildman–Crippen LogP) is 2.18. The Hall–Kier alpha value is -3.29. The molecule has 0 aliphatic carbocycles. The number of para-hydroxylation sites is 1. The van der Waals surface area contributed by atoms with Crippen LogP contribution in [0.5, 0.6) is 17.2 Å². The molecule has 0 fully saturated rings. The van der Waals surface area contributed by atoms with Crippen LogP contribution in [0, 0.1) is 10.1 Å². The highest BCUT2D eigenvalue weighted by Gasteiger charge is 2.17. The van der Waals surface area contributed by atoms with Crippen molar-refractivity contribution in [3.05, 3.63) is 58.6 Å². The monoisotopic (exact) mass is 346 g/mol. The number of nitrogens with one attached hydrogen (secondary N) is 1. The highest BCUT2D eigenvalue weighted by molar-refractivity contribution is 5.77. The summed E-state index contributed by atoms with van der Waals surface area (Å²) >= 11 is 0. The molecule has 2 aromatic carbocycles. The van der Waals surface area contributed by atoms with Gasteiger partial charge in [-0.25, -0.2) is 0 Å². The van der Waals surface area contributed by atoms with Gasteiger partial charge in [-0.05, 0) is 24.3 Å². The van der Waals surface area contributed by atoms with Gasteiger partial charge in [0.1, 0.15) is 18.1 Å². The van der Waals surface area contributed by atoms with Crippen molar-refractivity contribution in [3.63, 3.8) is 0 Å². The van der Waals surface area contributed by atoms with Crippen LogP contribution in [-0.4, -0.2) is 37.7 Å². The number of hydrogen-bond donors (Lipinski definition) is 1. The van der Waals surface area contributed by atoms with Crippen LogP contribution in [0.2, 0.25) is 0 Å². The Morgan fingerprint density at radius 2 is 1.88 bits per heavy atom. The van der Waals surface area contributed by atoms with Crippen molar-refractivity contribution < 1.29 is 23.9 Å². The lowest BCUT2D eigenvalue weighted by molar-refractivity contribution is -0.385. The highest BCUT2D eigenvalue weighted by Crippen LogP contribution is 2.30. The Kier molecular flexibility index (Phi) is 6.58. The third-order valence-electron chi connectivity index (χ3n) is 3.16. The lowest BCUT2D eigenvalue weighted by atomic mass is 10.3. The molecule has 25 heavy (non-hydrogen) atoms. The van der Waals surface area contributed by atoms with Gasteiger partial charge in [0.25, 0.3) is 5.91 Å². The van der Waals surface area contributed by atoms with Crippen LogP contribution in [0.25, 0.3) is 0 Å². The topological polar surface area (TPSA) is 99.9 Å². The van der Waals surface area contributed by atoms with Gasteiger partial charge in [0.15, 0.2) is 12.4 Å². The maximum absolute atomic E-state index is 11.7. The number of amides is 1. The summed E-state index contributed by atoms with van der Waals surface area (Å²) in [5, 5.41) is 13.6. The van der Waals surface area contributed by atoms with Crippen LogP contribution in [-0.2, 0) is 4.79 Å². The van der Waals surface area contributed by atoms with E-state index in [9.17, 15) is 14.9 Å². The summed E-state index contributed by atoms with van der Waals surface area (Å²) in [4.78, 5) is 22.2. The summed E-state index contributed by atoms with van der Waals surface area (Å²) in [5.41, 5.74) is -0.264. The van der Waals surface area contributed by atoms with Gasteiger partial charge >= 0.3 is 5.69 Å². The molecule has 0 saturated carbocycles. The Morgan fingerprint density at radius 3 is 2.56 bits per heavy atom. The zero-order valence-corrected chi connectivity index (χ0v) is 13.6. The van der Waals surface area contributed by atoms with Crippen molar-refractivity contribution in [2.45, 2.75) is 0 Å². The van der Waals surface area contributed by atoms with Crippen molar-refractivity contribution in [2.75, 3.05) is 26.9 Å². The standard InChI is InChI=1S/C17H18N2O6/c1-23-14-7-8-16(15(11-14)19(21)22)25-12-17(20)18-9-10-24-13-5-3-2-4-6-13/h2-8,11H,9-10,12H2,1H3,(H,18,20). The van der Waals surface area contributed by atoms with Crippen LogP contribution in [0.4, 0.5) is 5.69 Å². The minimum absolute atomic E-state index is 0.00138. The normalized spacial score (nSPS) is 9.96. The third-order valence-corrected chi connectivity index (χ3v) is 3.16. The smallest absolute Gasteiger partial charge is 0.314 e. The molecule has 0 unspecified atom stereocenters. The molecule has 0 radical (unpaired) electrons. The third kappa shape index (κ3) is 5.69. The Balaban J connectivity index is 1.77. The molecule has 2 rings (SSSR count). The molecule has 8 heteroatoms. The van der Waals surface area contributed by atoms with Gasteiger partial charge in [-0.3, -0.25) is 14.9 Å². The quantitative estimate of drug-likeness (QED) is 0.424. The molecular formula is C17H18N2O6. The van der Waals surface area contributed by atoms with Crippen molar-refractivity contribution in [2.24, 2.45) is 0 Å². The summed E-state index contributed by atoms with van der Waals surface area (Å²) in [6.07, 6.45) is 0. The molecule has 0 atom stereocenters. The summed E-state index contributed by atoms with van der Waals surface area (Å²) in [7, 11) is 1.41. The number of rotatable bonds is 9. The molecule has 1 N–H and O–H groups in total. The number of benzene rings is 2. The van der Waals surface area contributed by atoms with Crippen molar-refractivity contribution in [1.82, 2.24) is 5.32 Å². The molecule has 0 saturated heterocycles. The predicted molar refractivity (Wildman–Crippen MR) is 90.1 cm³/mol. The van der Waals surface area contributed by atoms with Gasteiger partial charge in [-0.1, -0.05) is 18.2 Å². The Labute approximate surface area is 144 Å². The van der Waals surface area contributed by atoms with Crippen LogP contribution >= 0.6 is 0 Å². The SMILES string of the molecule is COc1ccc(OCC(=O)NCCOc2ccccc2)c([N+](=O)[O-])c1. The number of carbonyl (C=O) groups excluding carboxylic acids is 1. The molecule has 0 aliphatic heterocycles. The van der Waals surface area contributed by atoms with Crippen LogP contribution in [0.1, 0.15) is 0 Å². The van der Waals surface area contributed by atoms with E-state index in [1.807, 2.05) is 30.3 Å². The number of carbonyl (C=O) groups is 1. The fourth-order valence-electron chi connectivity index (χ4n) is 1.96. The minimum Gasteiger partial charge on any atom is -0.496 e. The van der Waals surface area contributed by atoms with E-state index in [0.717, 1.165) is 0 Å². The first kappa shape index (κ1) is 18.1. The van der Waals surface area contributed by atoms with Gasteiger partial charge in [-0.2, -0.15) is 0 Å². The van der Waals surface area contributed by atoms with Crippen LogP contribution in [0.15, 0.2) is 48.5 Å². The first-order chi connectivity index (χ1) is 12.1. The molecule has 0 aliphatic rings. The number of hydrogen-bond acceptors (Lipinski definition) is 6. The summed E-state index contributed by atoms with van der Waals surface area (Å²) in [6.45, 7) is 0.263. The lowest BCUT2D eigenvalue weighted by Gasteiger charge is -2.09. The second kappa shape index (κ2) is 9.11. The summed E-state index contributed by atoms with van der Waals surface area (Å²) in [6, 6.07) is 13.4. The highest BCUT2D eigenvalue weighted by atomic mass is 16.6. The number of nitrogens with zero attached hydrogens (tertiary/aromatic N) is 1. The lowest BCUT2D eigenvalue weighted by Crippen LogP contribution is -2.32. The molecule has 8 nitrogen and oxygen atoms in total. The van der Waals surface area contributed by atoms with Gasteiger partial charge in [-0.15, -0.1) is 0 Å². The fraction of sp³-hybridized carbons (Fsp3) is 0.235. The van der Waals surface area contributed by atoms with E-state index >= 15 is 0 Å². The van der Waals surface area contributed by atoms with Gasteiger partial charge in [0, 0.05) is 0 Å². The van der Waals surface area contributed by atoms with E-state index in [2.05, 4.69) is 5.32 Å². The van der Waals surface area contributed by atoms with E-state index in [0.29, 0.717) is 24.7 Å². The molecule has 2 aromatic rings. The molecule has 0 spiro atoms. The molecule has 0 heterocycles. The van der Waals surface area contributed by atoms with Crippen molar-refractivity contribution >= 4 is 11.6 Å². The molecule has 0 aromatic heterocycles. The number of nitro benzene ring substituents is 1. The second-order valence-electron chi connectivity index (χ2n) is 4.89. The van der Waals surface area contributed by atoms with Crippen LogP contribution < -0.4 is 19.5 Å². The van der Waals surface area contributed by atoms with Gasteiger partial charge in [0.05, 0.1) is 24.6 Å².